The Morgan fingerprint density at radius 1 is 1.10 bits per heavy atom. The number of furan rings is 1. The highest BCUT2D eigenvalue weighted by Gasteiger charge is 2.10. The molecule has 0 amide bonds. The summed E-state index contributed by atoms with van der Waals surface area (Å²) in [5.41, 5.74) is 2.36. The monoisotopic (exact) mass is 276 g/mol. The molecule has 2 heterocycles. The van der Waals surface area contributed by atoms with Crippen molar-refractivity contribution in [3.05, 3.63) is 64.4 Å². The molecule has 0 atom stereocenters. The molecule has 0 aliphatic carbocycles. The first-order valence-electron chi connectivity index (χ1n) is 6.70. The molecule has 0 aliphatic rings. The second-order valence-corrected chi connectivity index (χ2v) is 5.08. The summed E-state index contributed by atoms with van der Waals surface area (Å²) in [4.78, 5) is 19.5. The number of H-pyrrole nitrogens is 1. The molecule has 0 fully saturated rings. The third-order valence-electron chi connectivity index (χ3n) is 3.52. The third-order valence-corrected chi connectivity index (χ3v) is 3.52. The minimum atomic E-state index is -0.157. The lowest BCUT2D eigenvalue weighted by atomic mass is 10.2. The van der Waals surface area contributed by atoms with Crippen molar-refractivity contribution in [2.45, 2.75) is 6.92 Å². The zero-order valence-corrected chi connectivity index (χ0v) is 11.4. The molecule has 2 aromatic carbocycles. The highest BCUT2D eigenvalue weighted by molar-refractivity contribution is 5.83. The van der Waals surface area contributed by atoms with Crippen LogP contribution in [-0.4, -0.2) is 9.97 Å². The van der Waals surface area contributed by atoms with Gasteiger partial charge >= 0.3 is 0 Å². The van der Waals surface area contributed by atoms with E-state index in [2.05, 4.69) is 9.97 Å². The topological polar surface area (TPSA) is 58.9 Å². The van der Waals surface area contributed by atoms with Gasteiger partial charge in [-0.15, -0.1) is 0 Å². The smallest absolute Gasteiger partial charge is 0.259 e. The van der Waals surface area contributed by atoms with E-state index in [4.69, 9.17) is 4.42 Å². The summed E-state index contributed by atoms with van der Waals surface area (Å²) in [7, 11) is 0. The van der Waals surface area contributed by atoms with Crippen LogP contribution in [-0.2, 0) is 0 Å². The molecule has 0 unspecified atom stereocenters. The molecule has 1 N–H and O–H groups in total. The van der Waals surface area contributed by atoms with Crippen LogP contribution in [0.3, 0.4) is 0 Å². The molecule has 0 spiro atoms. The quantitative estimate of drug-likeness (QED) is 0.577. The van der Waals surface area contributed by atoms with Gasteiger partial charge < -0.3 is 9.40 Å². The van der Waals surface area contributed by atoms with Gasteiger partial charge in [-0.1, -0.05) is 24.3 Å². The minimum absolute atomic E-state index is 0.157. The number of hydrogen-bond donors (Lipinski definition) is 1. The number of para-hydroxylation sites is 1. The van der Waals surface area contributed by atoms with E-state index in [0.717, 1.165) is 16.5 Å². The molecule has 0 saturated heterocycles. The van der Waals surface area contributed by atoms with Crippen LogP contribution in [0.25, 0.3) is 33.5 Å². The third kappa shape index (κ3) is 1.92. The van der Waals surface area contributed by atoms with Crippen LogP contribution in [0.2, 0.25) is 0 Å². The van der Waals surface area contributed by atoms with Crippen LogP contribution in [0.4, 0.5) is 0 Å². The summed E-state index contributed by atoms with van der Waals surface area (Å²) in [5.74, 6) is 1.02. The van der Waals surface area contributed by atoms with Crippen LogP contribution >= 0.6 is 0 Å². The van der Waals surface area contributed by atoms with Crippen molar-refractivity contribution in [1.82, 2.24) is 9.97 Å². The number of nitrogens with zero attached hydrogens (tertiary/aromatic N) is 1. The molecule has 0 radical (unpaired) electrons. The van der Waals surface area contributed by atoms with Crippen LogP contribution in [0.15, 0.2) is 57.7 Å². The molecule has 2 aromatic heterocycles. The van der Waals surface area contributed by atoms with Gasteiger partial charge in [-0.3, -0.25) is 4.79 Å². The highest BCUT2D eigenvalue weighted by atomic mass is 16.3. The van der Waals surface area contributed by atoms with Crippen LogP contribution < -0.4 is 5.56 Å². The van der Waals surface area contributed by atoms with Crippen molar-refractivity contribution >= 4 is 21.9 Å². The summed E-state index contributed by atoms with van der Waals surface area (Å²) < 4.78 is 5.76. The number of aromatic nitrogens is 2. The summed E-state index contributed by atoms with van der Waals surface area (Å²) in [6.45, 7) is 1.98. The first-order chi connectivity index (χ1) is 10.2. The van der Waals surface area contributed by atoms with E-state index in [9.17, 15) is 4.79 Å². The van der Waals surface area contributed by atoms with Crippen molar-refractivity contribution < 1.29 is 4.42 Å². The van der Waals surface area contributed by atoms with Crippen molar-refractivity contribution in [2.24, 2.45) is 0 Å². The number of aromatic amines is 1. The van der Waals surface area contributed by atoms with Crippen LogP contribution in [0, 0.1) is 6.92 Å². The average Bonchev–Trinajstić information content (AvgIpc) is 2.90. The molecular weight excluding hydrogens is 264 g/mol. The summed E-state index contributed by atoms with van der Waals surface area (Å²) in [6.07, 6.45) is 0. The Hall–Kier alpha value is -2.88. The Bertz CT molecular complexity index is 995. The first kappa shape index (κ1) is 11.9. The maximum atomic E-state index is 12.2. The van der Waals surface area contributed by atoms with Gasteiger partial charge in [-0.05, 0) is 36.8 Å². The van der Waals surface area contributed by atoms with Gasteiger partial charge in [0.15, 0.2) is 11.6 Å². The minimum Gasteiger partial charge on any atom is -0.453 e. The molecule has 21 heavy (non-hydrogen) atoms. The van der Waals surface area contributed by atoms with Gasteiger partial charge in [0.05, 0.1) is 10.9 Å². The fourth-order valence-corrected chi connectivity index (χ4v) is 2.46. The van der Waals surface area contributed by atoms with E-state index in [1.807, 2.05) is 49.4 Å². The van der Waals surface area contributed by atoms with Crippen LogP contribution in [0.1, 0.15) is 5.56 Å². The average molecular weight is 276 g/mol. The number of aryl methyl sites for hydroxylation is 1. The van der Waals surface area contributed by atoms with E-state index in [0.29, 0.717) is 22.5 Å². The molecule has 4 heteroatoms. The fourth-order valence-electron chi connectivity index (χ4n) is 2.46. The predicted octanol–water partition coefficient (Wildman–Crippen LogP) is 3.64. The van der Waals surface area contributed by atoms with Gasteiger partial charge in [-0.25, -0.2) is 4.98 Å². The molecule has 4 rings (SSSR count). The van der Waals surface area contributed by atoms with Gasteiger partial charge in [0.1, 0.15) is 5.58 Å². The number of hydrogen-bond acceptors (Lipinski definition) is 3. The van der Waals surface area contributed by atoms with E-state index in [1.54, 1.807) is 6.07 Å². The lowest BCUT2D eigenvalue weighted by molar-refractivity contribution is 0.625. The number of fused-ring (bicyclic) bond motifs is 2. The lowest BCUT2D eigenvalue weighted by Gasteiger charge is -2.01. The maximum Gasteiger partial charge on any atom is 0.259 e. The number of nitrogens with one attached hydrogen (secondary N) is 1. The molecule has 4 aromatic rings. The van der Waals surface area contributed by atoms with E-state index in [-0.39, 0.29) is 5.56 Å². The molecule has 102 valence electrons. The fraction of sp³-hybridized carbons (Fsp3) is 0.0588. The van der Waals surface area contributed by atoms with Crippen LogP contribution in [0.5, 0.6) is 0 Å². The zero-order chi connectivity index (χ0) is 14.4. The van der Waals surface area contributed by atoms with Crippen molar-refractivity contribution in [3.63, 3.8) is 0 Å². The van der Waals surface area contributed by atoms with Crippen molar-refractivity contribution in [2.75, 3.05) is 0 Å². The molecule has 4 nitrogen and oxygen atoms in total. The Kier molecular flexibility index (Phi) is 2.44. The van der Waals surface area contributed by atoms with Gasteiger partial charge in [0.25, 0.3) is 5.56 Å². The summed E-state index contributed by atoms with van der Waals surface area (Å²) >= 11 is 0. The maximum absolute atomic E-state index is 12.2. The van der Waals surface area contributed by atoms with Gasteiger partial charge in [-0.2, -0.15) is 0 Å². The molecule has 0 bridgehead atoms. The van der Waals surface area contributed by atoms with Gasteiger partial charge in [0.2, 0.25) is 0 Å². The number of benzene rings is 2. The predicted molar refractivity (Wildman–Crippen MR) is 82.3 cm³/mol. The Morgan fingerprint density at radius 2 is 1.95 bits per heavy atom. The SMILES string of the molecule is Cc1ccc2c(=O)[nH]c(-c3cc4ccccc4o3)nc2c1. The van der Waals surface area contributed by atoms with E-state index in [1.165, 1.54) is 0 Å². The largest absolute Gasteiger partial charge is 0.453 e. The summed E-state index contributed by atoms with van der Waals surface area (Å²) in [6, 6.07) is 15.2. The van der Waals surface area contributed by atoms with E-state index >= 15 is 0 Å². The van der Waals surface area contributed by atoms with Crippen molar-refractivity contribution in [1.29, 1.82) is 0 Å². The Balaban J connectivity index is 1.99. The number of rotatable bonds is 1. The van der Waals surface area contributed by atoms with E-state index < -0.39 is 0 Å². The highest BCUT2D eigenvalue weighted by Crippen LogP contribution is 2.25. The first-order valence-corrected chi connectivity index (χ1v) is 6.70. The Labute approximate surface area is 120 Å². The standard InChI is InChI=1S/C17H12N2O2/c1-10-6-7-12-13(8-10)18-16(19-17(12)20)15-9-11-4-2-3-5-14(11)21-15/h2-9H,1H3,(H,18,19,20). The molecule has 0 aliphatic heterocycles. The van der Waals surface area contributed by atoms with Crippen molar-refractivity contribution in [3.8, 4) is 11.6 Å². The lowest BCUT2D eigenvalue weighted by Crippen LogP contribution is -2.09. The second-order valence-electron chi connectivity index (χ2n) is 5.08. The summed E-state index contributed by atoms with van der Waals surface area (Å²) in [5, 5.41) is 1.57. The Morgan fingerprint density at radius 3 is 2.81 bits per heavy atom. The zero-order valence-electron chi connectivity index (χ0n) is 11.4. The molecular formula is C17H12N2O2. The normalized spacial score (nSPS) is 11.3. The molecule has 0 saturated carbocycles. The second kappa shape index (κ2) is 4.31. The van der Waals surface area contributed by atoms with Gasteiger partial charge in [0, 0.05) is 5.39 Å².